The Kier molecular flexibility index (Phi) is 11.3. The molecule has 82 heavy (non-hydrogen) atoms. The van der Waals surface area contributed by atoms with Gasteiger partial charge in [0.25, 0.3) is 6.71 Å². The van der Waals surface area contributed by atoms with Crippen molar-refractivity contribution < 1.29 is 0 Å². The molecule has 0 bridgehead atoms. The molecule has 0 aliphatic carbocycles. The number of hydrogen-bond donors (Lipinski definition) is 0. The van der Waals surface area contributed by atoms with Crippen LogP contribution in [0.15, 0.2) is 315 Å². The SMILES string of the molecule is c1ccc(-c2ccc3c(c2)B2c4cc(-c5ccccc5)ccc4N(c4ccccc4-c4ccccc4)c4cc(-n5c6c(-c7ccccc7)cccc6c6cccc(-c7ccccc7)c65)cc(c42)N3c2ccccc2-c2ccccc2)cc1. The third-order valence-corrected chi connectivity index (χ3v) is 17.0. The van der Waals surface area contributed by atoms with Gasteiger partial charge in [0.15, 0.2) is 0 Å². The Morgan fingerprint density at radius 3 is 0.939 bits per heavy atom. The molecule has 0 spiro atoms. The normalized spacial score (nSPS) is 12.3. The molecule has 0 unspecified atom stereocenters. The van der Waals surface area contributed by atoms with Gasteiger partial charge in [0, 0.05) is 55.8 Å². The van der Waals surface area contributed by atoms with Gasteiger partial charge in [0.05, 0.1) is 28.1 Å². The first-order valence-electron chi connectivity index (χ1n) is 28.4. The van der Waals surface area contributed by atoms with Gasteiger partial charge in [0.1, 0.15) is 0 Å². The molecular weight excluding hydrogens is 990 g/mol. The molecule has 13 aromatic carbocycles. The van der Waals surface area contributed by atoms with Crippen molar-refractivity contribution in [1.29, 1.82) is 0 Å². The first-order valence-corrected chi connectivity index (χ1v) is 28.4. The fraction of sp³-hybridized carbons (Fsp3) is 0. The summed E-state index contributed by atoms with van der Waals surface area (Å²) >= 11 is 0. The van der Waals surface area contributed by atoms with E-state index in [4.69, 9.17) is 0 Å². The lowest BCUT2D eigenvalue weighted by atomic mass is 9.33. The molecule has 0 amide bonds. The van der Waals surface area contributed by atoms with E-state index < -0.39 is 0 Å². The number of nitrogens with zero attached hydrogens (tertiary/aromatic N) is 3. The highest BCUT2D eigenvalue weighted by atomic mass is 15.2. The smallest absolute Gasteiger partial charge is 0.252 e. The van der Waals surface area contributed by atoms with Crippen LogP contribution in [0.1, 0.15) is 0 Å². The molecule has 0 saturated carbocycles. The Bertz CT molecular complexity index is 4440. The van der Waals surface area contributed by atoms with Crippen molar-refractivity contribution in [3.05, 3.63) is 315 Å². The largest absolute Gasteiger partial charge is 0.311 e. The molecule has 1 aromatic heterocycles. The number of para-hydroxylation sites is 4. The van der Waals surface area contributed by atoms with Gasteiger partial charge in [-0.1, -0.05) is 279 Å². The second-order valence-electron chi connectivity index (χ2n) is 21.5. The fourth-order valence-electron chi connectivity index (χ4n) is 13.4. The summed E-state index contributed by atoms with van der Waals surface area (Å²) in [4.78, 5) is 5.20. The summed E-state index contributed by atoms with van der Waals surface area (Å²) in [5.74, 6) is 0. The highest BCUT2D eigenvalue weighted by molar-refractivity contribution is 7.00. The third kappa shape index (κ3) is 7.68. The van der Waals surface area contributed by atoms with Crippen LogP contribution >= 0.6 is 0 Å². The van der Waals surface area contributed by atoms with E-state index in [1.807, 2.05) is 0 Å². The van der Waals surface area contributed by atoms with Gasteiger partial charge in [-0.25, -0.2) is 0 Å². The van der Waals surface area contributed by atoms with E-state index in [1.165, 1.54) is 71.7 Å². The molecular formula is C78H52BN3. The Balaban J connectivity index is 1.10. The lowest BCUT2D eigenvalue weighted by Crippen LogP contribution is -2.61. The Hall–Kier alpha value is -10.7. The van der Waals surface area contributed by atoms with Crippen LogP contribution in [-0.4, -0.2) is 11.3 Å². The molecule has 2 aliphatic rings. The highest BCUT2D eigenvalue weighted by Crippen LogP contribution is 2.51. The van der Waals surface area contributed by atoms with Crippen LogP contribution in [0.3, 0.4) is 0 Å². The molecule has 3 nitrogen and oxygen atoms in total. The zero-order valence-electron chi connectivity index (χ0n) is 44.9. The summed E-state index contributed by atoms with van der Waals surface area (Å²) in [5, 5.41) is 2.40. The number of hydrogen-bond acceptors (Lipinski definition) is 2. The van der Waals surface area contributed by atoms with Crippen LogP contribution < -0.4 is 26.2 Å². The van der Waals surface area contributed by atoms with Crippen molar-refractivity contribution in [3.63, 3.8) is 0 Å². The lowest BCUT2D eigenvalue weighted by molar-refractivity contribution is 1.16. The standard InChI is InChI=1S/C78H52BN3/c1-7-25-53(26-8-1)59-45-47-72-68(49-59)79-69-50-60(54-27-9-2-10-28-54)46-48-73(69)82(71-44-22-20-38-63(71)56-31-13-4-14-32-56)75-52-61(51-74(76(75)79)81(72)70-43-21-19-37-62(70)55-29-11-3-12-30-55)80-77-64(57-33-15-5-16-34-57)39-23-41-66(77)67-42-24-40-65(78(67)80)58-35-17-6-18-36-58/h1-52H. The Labute approximate surface area is 478 Å². The summed E-state index contributed by atoms with van der Waals surface area (Å²) in [7, 11) is 0. The third-order valence-electron chi connectivity index (χ3n) is 17.0. The minimum Gasteiger partial charge on any atom is -0.311 e. The number of rotatable bonds is 9. The lowest BCUT2D eigenvalue weighted by Gasteiger charge is -2.45. The van der Waals surface area contributed by atoms with Crippen LogP contribution in [0, 0.1) is 0 Å². The van der Waals surface area contributed by atoms with Gasteiger partial charge in [0.2, 0.25) is 0 Å². The van der Waals surface area contributed by atoms with Crippen molar-refractivity contribution in [1.82, 2.24) is 4.57 Å². The summed E-state index contributed by atoms with van der Waals surface area (Å²) in [6, 6.07) is 117. The highest BCUT2D eigenvalue weighted by Gasteiger charge is 2.45. The monoisotopic (exact) mass is 1040 g/mol. The molecule has 16 rings (SSSR count). The number of aromatic nitrogens is 1. The van der Waals surface area contributed by atoms with E-state index in [1.54, 1.807) is 0 Å². The Morgan fingerprint density at radius 1 is 0.220 bits per heavy atom. The van der Waals surface area contributed by atoms with Crippen LogP contribution in [-0.2, 0) is 0 Å². The molecule has 0 radical (unpaired) electrons. The van der Waals surface area contributed by atoms with Crippen molar-refractivity contribution in [2.45, 2.75) is 0 Å². The number of anilines is 6. The molecule has 0 N–H and O–H groups in total. The van der Waals surface area contributed by atoms with Gasteiger partial charge >= 0.3 is 0 Å². The minimum absolute atomic E-state index is 0.172. The summed E-state index contributed by atoms with van der Waals surface area (Å²) < 4.78 is 2.60. The molecule has 0 fully saturated rings. The van der Waals surface area contributed by atoms with Gasteiger partial charge in [-0.2, -0.15) is 0 Å². The summed E-state index contributed by atoms with van der Waals surface area (Å²) in [6.07, 6.45) is 0. The second-order valence-corrected chi connectivity index (χ2v) is 21.5. The van der Waals surface area contributed by atoms with Crippen molar-refractivity contribution in [3.8, 4) is 72.4 Å². The first-order chi connectivity index (χ1) is 40.7. The first kappa shape index (κ1) is 47.3. The zero-order chi connectivity index (χ0) is 54.1. The van der Waals surface area contributed by atoms with E-state index in [-0.39, 0.29) is 6.71 Å². The molecule has 4 heteroatoms. The van der Waals surface area contributed by atoms with Gasteiger partial charge < -0.3 is 14.4 Å². The van der Waals surface area contributed by atoms with Crippen molar-refractivity contribution >= 4 is 79.0 Å². The van der Waals surface area contributed by atoms with Crippen molar-refractivity contribution in [2.24, 2.45) is 0 Å². The predicted molar refractivity (Wildman–Crippen MR) is 347 cm³/mol. The quantitative estimate of drug-likeness (QED) is 0.134. The maximum Gasteiger partial charge on any atom is 0.252 e. The maximum absolute atomic E-state index is 2.60. The Morgan fingerprint density at radius 2 is 0.549 bits per heavy atom. The minimum atomic E-state index is -0.172. The van der Waals surface area contributed by atoms with Crippen LogP contribution in [0.5, 0.6) is 0 Å². The number of fused-ring (bicyclic) bond motifs is 7. The van der Waals surface area contributed by atoms with E-state index in [2.05, 4.69) is 330 Å². The zero-order valence-corrected chi connectivity index (χ0v) is 44.9. The molecule has 0 saturated heterocycles. The second kappa shape index (κ2) is 19.6. The van der Waals surface area contributed by atoms with Crippen LogP contribution in [0.4, 0.5) is 34.1 Å². The van der Waals surface area contributed by atoms with Gasteiger partial charge in [-0.3, -0.25) is 0 Å². The average molecular weight is 1040 g/mol. The van der Waals surface area contributed by atoms with E-state index in [0.717, 1.165) is 73.1 Å². The van der Waals surface area contributed by atoms with Crippen LogP contribution in [0.2, 0.25) is 0 Å². The topological polar surface area (TPSA) is 11.4 Å². The molecule has 2 aliphatic heterocycles. The average Bonchev–Trinajstić information content (AvgIpc) is 3.98. The molecule has 382 valence electrons. The summed E-state index contributed by atoms with van der Waals surface area (Å²) in [6.45, 7) is -0.172. The number of benzene rings is 13. The fourth-order valence-corrected chi connectivity index (χ4v) is 13.4. The van der Waals surface area contributed by atoms with Crippen molar-refractivity contribution in [2.75, 3.05) is 9.80 Å². The van der Waals surface area contributed by atoms with E-state index >= 15 is 0 Å². The molecule has 14 aromatic rings. The predicted octanol–water partition coefficient (Wildman–Crippen LogP) is 18.9. The van der Waals surface area contributed by atoms with Crippen LogP contribution in [0.25, 0.3) is 94.3 Å². The van der Waals surface area contributed by atoms with E-state index in [9.17, 15) is 0 Å². The maximum atomic E-state index is 2.60. The molecule has 0 atom stereocenters. The van der Waals surface area contributed by atoms with Gasteiger partial charge in [-0.15, -0.1) is 0 Å². The summed E-state index contributed by atoms with van der Waals surface area (Å²) in [5.41, 5.74) is 28.0. The van der Waals surface area contributed by atoms with E-state index in [0.29, 0.717) is 0 Å². The molecule has 3 heterocycles. The van der Waals surface area contributed by atoms with Gasteiger partial charge in [-0.05, 0) is 97.3 Å².